The molecule has 5 rings (SSSR count). The number of aromatic hydroxyl groups is 1. The van der Waals surface area contributed by atoms with Crippen LogP contribution in [0.15, 0.2) is 66.7 Å². The normalized spacial score (nSPS) is 20.2. The van der Waals surface area contributed by atoms with Crippen LogP contribution in [0, 0.1) is 17.8 Å². The fourth-order valence-corrected chi connectivity index (χ4v) is 6.89. The van der Waals surface area contributed by atoms with Crippen LogP contribution in [0.3, 0.4) is 0 Å². The molecule has 2 atom stereocenters. The third kappa shape index (κ3) is 5.62. The summed E-state index contributed by atoms with van der Waals surface area (Å²) in [5.41, 5.74) is 7.62. The molecule has 1 aliphatic carbocycles. The van der Waals surface area contributed by atoms with Crippen LogP contribution in [0.4, 0.5) is 5.69 Å². The molecular weight excluding hydrogens is 470 g/mol. The van der Waals surface area contributed by atoms with Crippen LogP contribution < -0.4 is 4.90 Å². The number of benzene rings is 3. The van der Waals surface area contributed by atoms with E-state index in [1.165, 1.54) is 35.2 Å². The summed E-state index contributed by atoms with van der Waals surface area (Å²) in [6.07, 6.45) is 5.60. The molecule has 0 spiro atoms. The van der Waals surface area contributed by atoms with E-state index in [1.54, 1.807) is 20.3 Å². The molecule has 4 heteroatoms. The number of methoxy groups -OCH3 is 2. The Labute approximate surface area is 228 Å². The highest BCUT2D eigenvalue weighted by Gasteiger charge is 2.32. The predicted molar refractivity (Wildman–Crippen MR) is 156 cm³/mol. The van der Waals surface area contributed by atoms with Crippen LogP contribution >= 0.6 is 0 Å². The van der Waals surface area contributed by atoms with Gasteiger partial charge in [-0.05, 0) is 84.4 Å². The fourth-order valence-electron chi connectivity index (χ4n) is 6.89. The summed E-state index contributed by atoms with van der Waals surface area (Å²) in [7, 11) is 3.48. The molecule has 1 fully saturated rings. The van der Waals surface area contributed by atoms with Gasteiger partial charge in [0.15, 0.2) is 6.29 Å². The first-order chi connectivity index (χ1) is 18.5. The van der Waals surface area contributed by atoms with Gasteiger partial charge in [0.2, 0.25) is 0 Å². The van der Waals surface area contributed by atoms with Crippen molar-refractivity contribution in [2.45, 2.75) is 58.2 Å². The van der Waals surface area contributed by atoms with E-state index in [4.69, 9.17) is 9.47 Å². The zero-order valence-corrected chi connectivity index (χ0v) is 23.4. The molecule has 38 heavy (non-hydrogen) atoms. The van der Waals surface area contributed by atoms with Crippen LogP contribution in [0.5, 0.6) is 5.75 Å². The van der Waals surface area contributed by atoms with E-state index in [-0.39, 0.29) is 6.29 Å². The predicted octanol–water partition coefficient (Wildman–Crippen LogP) is 7.63. The minimum absolute atomic E-state index is 0.102. The van der Waals surface area contributed by atoms with E-state index in [2.05, 4.69) is 61.2 Å². The number of phenolic OH excluding ortho intramolecular Hbond substituents is 1. The standard InChI is InChI=1S/C34H43NO3/c1-23(2)21-28-10-9-27-22-26(30-7-5-6-8-32(30)36)13-16-31(27)33(28)24-11-14-29(15-12-24)35-19-17-25(18-20-35)34(37-3)38-4/h5-8,11-16,22-23,25,28,33-34,36H,9-10,17-21H2,1-4H3/t28-,33+/m0/s1. The van der Waals surface area contributed by atoms with Crippen molar-refractivity contribution in [3.05, 3.63) is 83.4 Å². The maximum atomic E-state index is 10.4. The number of phenols is 1. The smallest absolute Gasteiger partial charge is 0.159 e. The number of hydrogen-bond acceptors (Lipinski definition) is 4. The molecule has 0 aromatic heterocycles. The van der Waals surface area contributed by atoms with Crippen molar-refractivity contribution in [2.24, 2.45) is 17.8 Å². The molecule has 1 aliphatic heterocycles. The van der Waals surface area contributed by atoms with E-state index in [0.29, 0.717) is 29.4 Å². The summed E-state index contributed by atoms with van der Waals surface area (Å²) >= 11 is 0. The van der Waals surface area contributed by atoms with Crippen LogP contribution in [0.25, 0.3) is 11.1 Å². The molecule has 3 aromatic carbocycles. The van der Waals surface area contributed by atoms with Gasteiger partial charge in [-0.3, -0.25) is 0 Å². The number of ether oxygens (including phenoxy) is 2. The second-order valence-electron chi connectivity index (χ2n) is 11.6. The Hall–Kier alpha value is -2.82. The van der Waals surface area contributed by atoms with Gasteiger partial charge >= 0.3 is 0 Å². The maximum Gasteiger partial charge on any atom is 0.159 e. The lowest BCUT2D eigenvalue weighted by Gasteiger charge is -2.37. The summed E-state index contributed by atoms with van der Waals surface area (Å²) in [6.45, 7) is 6.76. The summed E-state index contributed by atoms with van der Waals surface area (Å²) < 4.78 is 11.0. The van der Waals surface area contributed by atoms with Crippen LogP contribution in [-0.2, 0) is 15.9 Å². The Bertz CT molecular complexity index is 1190. The molecule has 3 aromatic rings. The molecule has 1 heterocycles. The lowest BCUT2D eigenvalue weighted by atomic mass is 9.69. The molecule has 202 valence electrons. The Morgan fingerprint density at radius 3 is 2.26 bits per heavy atom. The zero-order chi connectivity index (χ0) is 26.6. The van der Waals surface area contributed by atoms with Gasteiger partial charge in [0.25, 0.3) is 0 Å². The molecule has 0 amide bonds. The van der Waals surface area contributed by atoms with Crippen LogP contribution in [-0.4, -0.2) is 38.7 Å². The molecule has 4 nitrogen and oxygen atoms in total. The summed E-state index contributed by atoms with van der Waals surface area (Å²) in [5, 5.41) is 10.4. The number of anilines is 1. The maximum absolute atomic E-state index is 10.4. The van der Waals surface area contributed by atoms with Gasteiger partial charge in [-0.15, -0.1) is 0 Å². The van der Waals surface area contributed by atoms with Crippen LogP contribution in [0.2, 0.25) is 0 Å². The van der Waals surface area contributed by atoms with Gasteiger partial charge in [0, 0.05) is 50.4 Å². The third-order valence-electron chi connectivity index (χ3n) is 8.73. The van der Waals surface area contributed by atoms with E-state index in [0.717, 1.165) is 43.5 Å². The quantitative estimate of drug-likeness (QED) is 0.314. The van der Waals surface area contributed by atoms with Crippen molar-refractivity contribution in [1.29, 1.82) is 0 Å². The summed E-state index contributed by atoms with van der Waals surface area (Å²) in [5.74, 6) is 2.52. The Balaban J connectivity index is 1.39. The topological polar surface area (TPSA) is 41.9 Å². The second-order valence-corrected chi connectivity index (χ2v) is 11.6. The number of fused-ring (bicyclic) bond motifs is 1. The number of nitrogens with zero attached hydrogens (tertiary/aromatic N) is 1. The molecule has 0 saturated carbocycles. The first-order valence-electron chi connectivity index (χ1n) is 14.3. The molecule has 0 bridgehead atoms. The minimum atomic E-state index is -0.102. The van der Waals surface area contributed by atoms with Gasteiger partial charge in [0.05, 0.1) is 0 Å². The number of para-hydroxylation sites is 1. The van der Waals surface area contributed by atoms with Gasteiger partial charge < -0.3 is 19.5 Å². The lowest BCUT2D eigenvalue weighted by Crippen LogP contribution is -2.39. The van der Waals surface area contributed by atoms with Crippen molar-refractivity contribution in [1.82, 2.24) is 0 Å². The summed E-state index contributed by atoms with van der Waals surface area (Å²) in [6, 6.07) is 23.9. The van der Waals surface area contributed by atoms with Crippen molar-refractivity contribution < 1.29 is 14.6 Å². The van der Waals surface area contributed by atoms with Crippen molar-refractivity contribution >= 4 is 5.69 Å². The monoisotopic (exact) mass is 513 g/mol. The first-order valence-corrected chi connectivity index (χ1v) is 14.3. The van der Waals surface area contributed by atoms with Gasteiger partial charge in [-0.25, -0.2) is 0 Å². The highest BCUT2D eigenvalue weighted by atomic mass is 16.7. The third-order valence-corrected chi connectivity index (χ3v) is 8.73. The fraction of sp³-hybridized carbons (Fsp3) is 0.471. The number of hydrogen-bond donors (Lipinski definition) is 1. The van der Waals surface area contributed by atoms with Gasteiger partial charge in [0.1, 0.15) is 5.75 Å². The van der Waals surface area contributed by atoms with E-state index >= 15 is 0 Å². The Morgan fingerprint density at radius 2 is 1.61 bits per heavy atom. The molecule has 2 aliphatic rings. The van der Waals surface area contributed by atoms with Gasteiger partial charge in [-0.2, -0.15) is 0 Å². The number of aryl methyl sites for hydroxylation is 1. The van der Waals surface area contributed by atoms with E-state index in [1.807, 2.05) is 18.2 Å². The van der Waals surface area contributed by atoms with E-state index < -0.39 is 0 Å². The summed E-state index contributed by atoms with van der Waals surface area (Å²) in [4.78, 5) is 2.50. The molecular formula is C34H43NO3. The minimum Gasteiger partial charge on any atom is -0.507 e. The van der Waals surface area contributed by atoms with Crippen molar-refractivity contribution in [3.8, 4) is 16.9 Å². The van der Waals surface area contributed by atoms with Gasteiger partial charge in [-0.1, -0.05) is 62.4 Å². The average Bonchev–Trinajstić information content (AvgIpc) is 2.94. The highest BCUT2D eigenvalue weighted by molar-refractivity contribution is 5.71. The number of piperidine rings is 1. The Morgan fingerprint density at radius 1 is 0.895 bits per heavy atom. The SMILES string of the molecule is COC(OC)C1CCN(c2ccc([C@H]3c4ccc(-c5ccccc5O)cc4CC[C@H]3CC(C)C)cc2)CC1. The molecule has 1 saturated heterocycles. The zero-order valence-electron chi connectivity index (χ0n) is 23.4. The highest BCUT2D eigenvalue weighted by Crippen LogP contribution is 2.45. The molecule has 1 N–H and O–H groups in total. The van der Waals surface area contributed by atoms with Crippen LogP contribution in [0.1, 0.15) is 62.1 Å². The average molecular weight is 514 g/mol. The second kappa shape index (κ2) is 11.9. The lowest BCUT2D eigenvalue weighted by molar-refractivity contribution is -0.141. The van der Waals surface area contributed by atoms with E-state index in [9.17, 15) is 5.11 Å². The largest absolute Gasteiger partial charge is 0.507 e. The van der Waals surface area contributed by atoms with Crippen molar-refractivity contribution in [3.63, 3.8) is 0 Å². The molecule has 0 unspecified atom stereocenters. The van der Waals surface area contributed by atoms with Crippen molar-refractivity contribution in [2.75, 3.05) is 32.2 Å². The molecule has 0 radical (unpaired) electrons. The Kier molecular flexibility index (Phi) is 8.40. The number of rotatable bonds is 8. The first kappa shape index (κ1) is 26.8.